The van der Waals surface area contributed by atoms with Gasteiger partial charge >= 0.3 is 0 Å². The van der Waals surface area contributed by atoms with Gasteiger partial charge in [-0.05, 0) is 18.6 Å². The van der Waals surface area contributed by atoms with Crippen molar-refractivity contribution >= 4 is 11.6 Å². The lowest BCUT2D eigenvalue weighted by molar-refractivity contribution is -0.112. The molecule has 0 heterocycles. The number of amides is 1. The van der Waals surface area contributed by atoms with Gasteiger partial charge in [0, 0.05) is 12.7 Å². The number of benzene rings is 1. The molecule has 1 amide bonds. The zero-order chi connectivity index (χ0) is 14.8. The Kier molecular flexibility index (Phi) is 6.36. The number of nitriles is 2. The second-order valence-corrected chi connectivity index (χ2v) is 4.09. The lowest BCUT2D eigenvalue weighted by atomic mass is 10.2. The average Bonchev–Trinajstić information content (AvgIpc) is 2.48. The Morgan fingerprint density at radius 3 is 2.75 bits per heavy atom. The molecular weight excluding hydrogens is 252 g/mol. The number of nitrogens with one attached hydrogen (secondary N) is 2. The van der Waals surface area contributed by atoms with E-state index in [0.717, 1.165) is 12.8 Å². The van der Waals surface area contributed by atoms with Gasteiger partial charge in [-0.25, -0.2) is 0 Å². The van der Waals surface area contributed by atoms with Crippen LogP contribution in [0.1, 0.15) is 25.3 Å². The van der Waals surface area contributed by atoms with Crippen molar-refractivity contribution in [2.75, 3.05) is 11.9 Å². The molecule has 2 N–H and O–H groups in total. The van der Waals surface area contributed by atoms with E-state index in [1.807, 2.05) is 12.1 Å². The first-order valence-corrected chi connectivity index (χ1v) is 6.37. The minimum Gasteiger partial charge on any atom is -0.390 e. The summed E-state index contributed by atoms with van der Waals surface area (Å²) in [5.74, 6) is -0.529. The number of hydrogen-bond acceptors (Lipinski definition) is 4. The van der Waals surface area contributed by atoms with E-state index in [2.05, 4.69) is 17.6 Å². The van der Waals surface area contributed by atoms with Crippen LogP contribution in [-0.2, 0) is 4.79 Å². The van der Waals surface area contributed by atoms with Gasteiger partial charge in [0.25, 0.3) is 5.91 Å². The van der Waals surface area contributed by atoms with E-state index < -0.39 is 5.91 Å². The summed E-state index contributed by atoms with van der Waals surface area (Å²) in [5, 5.41) is 23.4. The van der Waals surface area contributed by atoms with Crippen LogP contribution in [0.25, 0.3) is 0 Å². The Morgan fingerprint density at radius 1 is 1.35 bits per heavy atom. The molecule has 0 aromatic heterocycles. The van der Waals surface area contributed by atoms with Gasteiger partial charge in [-0.3, -0.25) is 4.79 Å². The number of unbranched alkanes of at least 4 members (excludes halogenated alkanes) is 1. The molecule has 0 fully saturated rings. The fourth-order valence-corrected chi connectivity index (χ4v) is 1.48. The second-order valence-electron chi connectivity index (χ2n) is 4.09. The Hall–Kier alpha value is -2.79. The van der Waals surface area contributed by atoms with Crippen molar-refractivity contribution < 1.29 is 4.79 Å². The van der Waals surface area contributed by atoms with Gasteiger partial charge in [0.2, 0.25) is 0 Å². The highest BCUT2D eigenvalue weighted by Gasteiger charge is 2.11. The van der Waals surface area contributed by atoms with Crippen LogP contribution >= 0.6 is 0 Å². The molecule has 0 aliphatic heterocycles. The van der Waals surface area contributed by atoms with Crippen LogP contribution in [0.2, 0.25) is 0 Å². The van der Waals surface area contributed by atoms with Gasteiger partial charge in [-0.1, -0.05) is 25.5 Å². The molecule has 0 aliphatic carbocycles. The third kappa shape index (κ3) is 4.47. The van der Waals surface area contributed by atoms with E-state index in [9.17, 15) is 4.79 Å². The molecule has 0 bridgehead atoms. The monoisotopic (exact) mass is 268 g/mol. The molecule has 1 aromatic rings. The quantitative estimate of drug-likeness (QED) is 0.470. The maximum atomic E-state index is 11.9. The number of hydrogen-bond donors (Lipinski definition) is 2. The van der Waals surface area contributed by atoms with Crippen molar-refractivity contribution in [2.24, 2.45) is 0 Å². The predicted molar refractivity (Wildman–Crippen MR) is 76.4 cm³/mol. The molecule has 5 nitrogen and oxygen atoms in total. The minimum atomic E-state index is -0.529. The molecule has 0 saturated heterocycles. The van der Waals surface area contributed by atoms with Gasteiger partial charge in [-0.15, -0.1) is 0 Å². The largest absolute Gasteiger partial charge is 0.390 e. The summed E-state index contributed by atoms with van der Waals surface area (Å²) in [6.45, 7) is 2.77. The second kappa shape index (κ2) is 8.34. The molecule has 0 aliphatic rings. The number of carbonyl (C=O) groups is 1. The highest BCUT2D eigenvalue weighted by Crippen LogP contribution is 2.14. The van der Waals surface area contributed by atoms with Gasteiger partial charge in [-0.2, -0.15) is 10.5 Å². The van der Waals surface area contributed by atoms with Crippen LogP contribution in [0, 0.1) is 22.7 Å². The summed E-state index contributed by atoms with van der Waals surface area (Å²) in [6, 6.07) is 10.5. The van der Waals surface area contributed by atoms with Crippen LogP contribution < -0.4 is 10.6 Å². The van der Waals surface area contributed by atoms with Crippen molar-refractivity contribution in [3.63, 3.8) is 0 Å². The van der Waals surface area contributed by atoms with E-state index in [0.29, 0.717) is 17.8 Å². The molecule has 102 valence electrons. The molecule has 0 radical (unpaired) electrons. The van der Waals surface area contributed by atoms with Crippen LogP contribution in [-0.4, -0.2) is 12.5 Å². The maximum absolute atomic E-state index is 11.9. The highest BCUT2D eigenvalue weighted by atomic mass is 16.1. The SMILES string of the molecule is CCCCN/C=C(/C#N)C(=O)Nc1ccccc1C#N. The van der Waals surface area contributed by atoms with Gasteiger partial charge in [0.15, 0.2) is 0 Å². The Labute approximate surface area is 118 Å². The van der Waals surface area contributed by atoms with Crippen molar-refractivity contribution in [3.8, 4) is 12.1 Å². The van der Waals surface area contributed by atoms with Crippen molar-refractivity contribution in [1.82, 2.24) is 5.32 Å². The van der Waals surface area contributed by atoms with Gasteiger partial charge in [0.05, 0.1) is 11.3 Å². The third-order valence-electron chi connectivity index (χ3n) is 2.58. The summed E-state index contributed by atoms with van der Waals surface area (Å²) < 4.78 is 0. The highest BCUT2D eigenvalue weighted by molar-refractivity contribution is 6.07. The molecular formula is C15H16N4O. The molecule has 0 spiro atoms. The first-order valence-electron chi connectivity index (χ1n) is 6.37. The van der Waals surface area contributed by atoms with E-state index >= 15 is 0 Å². The summed E-state index contributed by atoms with van der Waals surface area (Å²) in [6.07, 6.45) is 3.40. The van der Waals surface area contributed by atoms with Crippen molar-refractivity contribution in [3.05, 3.63) is 41.6 Å². The van der Waals surface area contributed by atoms with Crippen LogP contribution in [0.3, 0.4) is 0 Å². The van der Waals surface area contributed by atoms with E-state index in [1.54, 1.807) is 24.3 Å². The van der Waals surface area contributed by atoms with E-state index in [4.69, 9.17) is 10.5 Å². The molecule has 0 saturated carbocycles. The number of carbonyl (C=O) groups excluding carboxylic acids is 1. The summed E-state index contributed by atoms with van der Waals surface area (Å²) >= 11 is 0. The summed E-state index contributed by atoms with van der Waals surface area (Å²) in [5.41, 5.74) is 0.737. The van der Waals surface area contributed by atoms with Gasteiger partial charge in [0.1, 0.15) is 17.7 Å². The van der Waals surface area contributed by atoms with Crippen LogP contribution in [0.5, 0.6) is 0 Å². The lowest BCUT2D eigenvalue weighted by Gasteiger charge is -2.06. The molecule has 5 heteroatoms. The number of nitrogens with zero attached hydrogens (tertiary/aromatic N) is 2. The predicted octanol–water partition coefficient (Wildman–Crippen LogP) is 2.29. The molecule has 0 unspecified atom stereocenters. The van der Waals surface area contributed by atoms with Crippen molar-refractivity contribution in [2.45, 2.75) is 19.8 Å². The minimum absolute atomic E-state index is 0.0196. The average molecular weight is 268 g/mol. The Bertz CT molecular complexity index is 578. The van der Waals surface area contributed by atoms with Crippen LogP contribution in [0.4, 0.5) is 5.69 Å². The van der Waals surface area contributed by atoms with Crippen LogP contribution in [0.15, 0.2) is 36.0 Å². The normalized spacial score (nSPS) is 10.2. The van der Waals surface area contributed by atoms with Gasteiger partial charge < -0.3 is 10.6 Å². The summed E-state index contributed by atoms with van der Waals surface area (Å²) in [4.78, 5) is 11.9. The fraction of sp³-hybridized carbons (Fsp3) is 0.267. The van der Waals surface area contributed by atoms with E-state index in [-0.39, 0.29) is 5.57 Å². The number of rotatable bonds is 6. The standard InChI is InChI=1S/C15H16N4O/c1-2-3-8-18-11-13(10-17)15(20)19-14-7-5-4-6-12(14)9-16/h4-7,11,18H,2-3,8H2,1H3,(H,19,20)/b13-11-. The Balaban J connectivity index is 2.74. The third-order valence-corrected chi connectivity index (χ3v) is 2.58. The molecule has 1 aromatic carbocycles. The van der Waals surface area contributed by atoms with Crippen molar-refractivity contribution in [1.29, 1.82) is 10.5 Å². The topological polar surface area (TPSA) is 88.7 Å². The fourth-order valence-electron chi connectivity index (χ4n) is 1.48. The lowest BCUT2D eigenvalue weighted by Crippen LogP contribution is -2.17. The Morgan fingerprint density at radius 2 is 2.10 bits per heavy atom. The first-order chi connectivity index (χ1) is 9.72. The zero-order valence-corrected chi connectivity index (χ0v) is 11.3. The molecule has 1 rings (SSSR count). The molecule has 20 heavy (non-hydrogen) atoms. The zero-order valence-electron chi connectivity index (χ0n) is 11.3. The molecule has 0 atom stereocenters. The number of anilines is 1. The smallest absolute Gasteiger partial charge is 0.267 e. The maximum Gasteiger partial charge on any atom is 0.267 e. The number of para-hydroxylation sites is 1. The summed E-state index contributed by atoms with van der Waals surface area (Å²) in [7, 11) is 0. The van der Waals surface area contributed by atoms with E-state index in [1.165, 1.54) is 6.20 Å². The first kappa shape index (κ1) is 15.3.